The van der Waals surface area contributed by atoms with Crippen molar-refractivity contribution in [2.45, 2.75) is 26.2 Å². The summed E-state index contributed by atoms with van der Waals surface area (Å²) < 4.78 is 5.47. The van der Waals surface area contributed by atoms with Gasteiger partial charge in [0.25, 0.3) is 0 Å². The van der Waals surface area contributed by atoms with Gasteiger partial charge in [-0.3, -0.25) is 4.79 Å². The summed E-state index contributed by atoms with van der Waals surface area (Å²) in [6, 6.07) is 7.87. The molecule has 4 rings (SSSR count). The van der Waals surface area contributed by atoms with Gasteiger partial charge in [-0.25, -0.2) is 0 Å². The lowest BCUT2D eigenvalue weighted by Crippen LogP contribution is -2.40. The monoisotopic (exact) mass is 386 g/mol. The maximum Gasteiger partial charge on any atom is 0.227 e. The Kier molecular flexibility index (Phi) is 5.80. The van der Waals surface area contributed by atoms with Gasteiger partial charge in [0.2, 0.25) is 5.91 Å². The summed E-state index contributed by atoms with van der Waals surface area (Å²) in [7, 11) is 0. The average molecular weight is 387 g/mol. The first-order valence-corrected chi connectivity index (χ1v) is 10.5. The maximum atomic E-state index is 12.7. The van der Waals surface area contributed by atoms with Crippen LogP contribution in [0.2, 0.25) is 0 Å². The molecule has 1 N–H and O–H groups in total. The summed E-state index contributed by atoms with van der Waals surface area (Å²) in [5, 5.41) is 13.2. The Balaban J connectivity index is 1.30. The molecule has 2 fully saturated rings. The number of ether oxygens (including phenoxy) is 1. The highest BCUT2D eigenvalue weighted by Crippen LogP contribution is 2.27. The summed E-state index contributed by atoms with van der Waals surface area (Å²) in [5.74, 6) is 0.889. The van der Waals surface area contributed by atoms with Crippen LogP contribution in [0.3, 0.4) is 0 Å². The highest BCUT2D eigenvalue weighted by atomic mass is 32.1. The Morgan fingerprint density at radius 2 is 2.15 bits per heavy atom. The molecule has 1 amide bonds. The molecular weight excluding hydrogens is 360 g/mol. The van der Waals surface area contributed by atoms with Crippen LogP contribution in [0.15, 0.2) is 24.3 Å². The molecule has 0 spiro atoms. The first-order chi connectivity index (χ1) is 13.2. The number of likely N-dealkylation sites (tertiary alicyclic amines) is 1. The molecule has 2 aliphatic heterocycles. The maximum absolute atomic E-state index is 12.7. The number of hydrogen-bond acceptors (Lipinski definition) is 6. The van der Waals surface area contributed by atoms with Gasteiger partial charge in [0.05, 0.1) is 6.61 Å². The third kappa shape index (κ3) is 4.72. The number of rotatable bonds is 5. The third-order valence-electron chi connectivity index (χ3n) is 5.40. The van der Waals surface area contributed by atoms with Crippen molar-refractivity contribution in [2.75, 3.05) is 38.2 Å². The van der Waals surface area contributed by atoms with Gasteiger partial charge >= 0.3 is 0 Å². The lowest BCUT2D eigenvalue weighted by atomic mass is 9.94. The number of nitrogens with one attached hydrogen (secondary N) is 1. The first-order valence-electron chi connectivity index (χ1n) is 9.69. The van der Waals surface area contributed by atoms with E-state index in [2.05, 4.69) is 20.4 Å². The van der Waals surface area contributed by atoms with E-state index in [0.29, 0.717) is 5.92 Å². The van der Waals surface area contributed by atoms with E-state index in [1.165, 1.54) is 6.42 Å². The molecule has 0 saturated carbocycles. The molecule has 6 nitrogen and oxygen atoms in total. The number of aromatic nitrogens is 2. The van der Waals surface area contributed by atoms with E-state index >= 15 is 0 Å². The fourth-order valence-corrected chi connectivity index (χ4v) is 4.55. The molecule has 3 heterocycles. The van der Waals surface area contributed by atoms with E-state index in [1.54, 1.807) is 11.3 Å². The van der Waals surface area contributed by atoms with Crippen LogP contribution >= 0.6 is 11.3 Å². The van der Waals surface area contributed by atoms with Gasteiger partial charge in [-0.1, -0.05) is 23.5 Å². The van der Waals surface area contributed by atoms with Gasteiger partial charge in [0, 0.05) is 30.3 Å². The standard InChI is InChI=1S/C20H26N4O2S/c1-14-22-23-20(27-14)17-3-2-4-18(11-17)21-19(25)16-5-8-24(9-6-16)12-15-7-10-26-13-15/h2-4,11,15-16H,5-10,12-13H2,1H3,(H,21,25)/t15-/m0/s1. The van der Waals surface area contributed by atoms with Crippen LogP contribution in [-0.2, 0) is 9.53 Å². The van der Waals surface area contributed by atoms with Crippen molar-refractivity contribution < 1.29 is 9.53 Å². The minimum absolute atomic E-state index is 0.0912. The second-order valence-electron chi connectivity index (χ2n) is 7.50. The van der Waals surface area contributed by atoms with Gasteiger partial charge in [-0.15, -0.1) is 10.2 Å². The predicted molar refractivity (Wildman–Crippen MR) is 107 cm³/mol. The number of amides is 1. The van der Waals surface area contributed by atoms with Gasteiger partial charge in [-0.2, -0.15) is 0 Å². The van der Waals surface area contributed by atoms with Crippen LogP contribution in [0.1, 0.15) is 24.3 Å². The molecule has 0 aliphatic carbocycles. The van der Waals surface area contributed by atoms with Crippen molar-refractivity contribution in [3.05, 3.63) is 29.3 Å². The molecule has 2 aliphatic rings. The van der Waals surface area contributed by atoms with Crippen LogP contribution in [-0.4, -0.2) is 53.9 Å². The molecule has 7 heteroatoms. The van der Waals surface area contributed by atoms with Gasteiger partial charge in [-0.05, 0) is 57.3 Å². The van der Waals surface area contributed by atoms with Crippen molar-refractivity contribution in [1.82, 2.24) is 15.1 Å². The van der Waals surface area contributed by atoms with Crippen molar-refractivity contribution in [2.24, 2.45) is 11.8 Å². The van der Waals surface area contributed by atoms with Crippen LogP contribution in [0.25, 0.3) is 10.6 Å². The second-order valence-corrected chi connectivity index (χ2v) is 8.68. The minimum atomic E-state index is 0.0912. The Labute approximate surface area is 163 Å². The number of benzene rings is 1. The zero-order valence-corrected chi connectivity index (χ0v) is 16.5. The second kappa shape index (κ2) is 8.46. The largest absolute Gasteiger partial charge is 0.381 e. The molecule has 1 atom stereocenters. The Morgan fingerprint density at radius 3 is 2.85 bits per heavy atom. The smallest absolute Gasteiger partial charge is 0.227 e. The molecule has 27 heavy (non-hydrogen) atoms. The van der Waals surface area contributed by atoms with E-state index < -0.39 is 0 Å². The van der Waals surface area contributed by atoms with Gasteiger partial charge < -0.3 is 15.0 Å². The minimum Gasteiger partial charge on any atom is -0.381 e. The van der Waals surface area contributed by atoms with Crippen molar-refractivity contribution in [3.63, 3.8) is 0 Å². The van der Waals surface area contributed by atoms with Crippen LogP contribution in [0.5, 0.6) is 0 Å². The van der Waals surface area contributed by atoms with Gasteiger partial charge in [0.1, 0.15) is 10.0 Å². The highest BCUT2D eigenvalue weighted by molar-refractivity contribution is 7.14. The summed E-state index contributed by atoms with van der Waals surface area (Å²) in [5.41, 5.74) is 1.82. The van der Waals surface area contributed by atoms with Crippen molar-refractivity contribution >= 4 is 22.9 Å². The molecule has 144 valence electrons. The van der Waals surface area contributed by atoms with E-state index in [0.717, 1.165) is 67.0 Å². The number of carbonyl (C=O) groups is 1. The number of hydrogen-bond donors (Lipinski definition) is 1. The molecule has 2 saturated heterocycles. The Morgan fingerprint density at radius 1 is 1.30 bits per heavy atom. The van der Waals surface area contributed by atoms with Crippen LogP contribution in [0.4, 0.5) is 5.69 Å². The van der Waals surface area contributed by atoms with E-state index in [9.17, 15) is 4.79 Å². The molecule has 0 radical (unpaired) electrons. The van der Waals surface area contributed by atoms with Gasteiger partial charge in [0.15, 0.2) is 0 Å². The lowest BCUT2D eigenvalue weighted by Gasteiger charge is -2.32. The van der Waals surface area contributed by atoms with E-state index in [-0.39, 0.29) is 11.8 Å². The normalized spacial score (nSPS) is 21.4. The molecular formula is C20H26N4O2S. The summed E-state index contributed by atoms with van der Waals surface area (Å²) >= 11 is 1.56. The number of piperidine rings is 1. The first kappa shape index (κ1) is 18.5. The Bertz CT molecular complexity index is 780. The zero-order chi connectivity index (χ0) is 18.6. The average Bonchev–Trinajstić information content (AvgIpc) is 3.34. The highest BCUT2D eigenvalue weighted by Gasteiger charge is 2.27. The topological polar surface area (TPSA) is 67.4 Å². The number of nitrogens with zero attached hydrogens (tertiary/aromatic N) is 3. The summed E-state index contributed by atoms with van der Waals surface area (Å²) in [6.07, 6.45) is 3.02. The summed E-state index contributed by atoms with van der Waals surface area (Å²) in [6.45, 7) is 6.85. The zero-order valence-electron chi connectivity index (χ0n) is 15.7. The Hall–Kier alpha value is -1.83. The van der Waals surface area contributed by atoms with Crippen LogP contribution in [0, 0.1) is 18.8 Å². The lowest BCUT2D eigenvalue weighted by molar-refractivity contribution is -0.121. The van der Waals surface area contributed by atoms with Crippen LogP contribution < -0.4 is 5.32 Å². The third-order valence-corrected chi connectivity index (χ3v) is 6.29. The fourth-order valence-electron chi connectivity index (χ4n) is 3.86. The summed E-state index contributed by atoms with van der Waals surface area (Å²) in [4.78, 5) is 15.2. The SMILES string of the molecule is Cc1nnc(-c2cccc(NC(=O)C3CCN(C[C@@H]4CCOC4)CC3)c2)s1. The van der Waals surface area contributed by atoms with E-state index in [1.807, 2.05) is 31.2 Å². The molecule has 1 aromatic heterocycles. The predicted octanol–water partition coefficient (Wildman–Crippen LogP) is 3.20. The number of aryl methyl sites for hydroxylation is 1. The quantitative estimate of drug-likeness (QED) is 0.855. The van der Waals surface area contributed by atoms with Crippen molar-refractivity contribution in [1.29, 1.82) is 0 Å². The number of carbonyl (C=O) groups excluding carboxylic acids is 1. The molecule has 2 aromatic rings. The molecule has 0 unspecified atom stereocenters. The fraction of sp³-hybridized carbons (Fsp3) is 0.550. The molecule has 1 aromatic carbocycles. The number of anilines is 1. The van der Waals surface area contributed by atoms with E-state index in [4.69, 9.17) is 4.74 Å². The molecule has 0 bridgehead atoms. The van der Waals surface area contributed by atoms with Crippen molar-refractivity contribution in [3.8, 4) is 10.6 Å².